The molecule has 156 valence electrons. The first-order valence-corrected chi connectivity index (χ1v) is 12.4. The molecule has 0 amide bonds. The number of rotatable bonds is 2. The Kier molecular flexibility index (Phi) is 3.99. The molecule has 1 heterocycles. The van der Waals surface area contributed by atoms with Crippen LogP contribution in [0.25, 0.3) is 0 Å². The van der Waals surface area contributed by atoms with Crippen molar-refractivity contribution in [3.8, 4) is 0 Å². The van der Waals surface area contributed by atoms with Gasteiger partial charge in [-0.2, -0.15) is 0 Å². The molecule has 4 saturated carbocycles. The lowest BCUT2D eigenvalue weighted by Gasteiger charge is -2.62. The molecule has 0 aromatic carbocycles. The summed E-state index contributed by atoms with van der Waals surface area (Å²) in [4.78, 5) is 0. The van der Waals surface area contributed by atoms with Crippen molar-refractivity contribution < 1.29 is 9.84 Å². The van der Waals surface area contributed by atoms with Gasteiger partial charge in [0, 0.05) is 17.6 Å². The van der Waals surface area contributed by atoms with E-state index in [4.69, 9.17) is 10.5 Å². The van der Waals surface area contributed by atoms with Crippen LogP contribution < -0.4 is 5.73 Å². The molecule has 8 atom stereocenters. The van der Waals surface area contributed by atoms with Crippen LogP contribution in [-0.4, -0.2) is 29.0 Å². The van der Waals surface area contributed by atoms with Gasteiger partial charge in [-0.15, -0.1) is 0 Å². The molecule has 6 rings (SSSR count). The van der Waals surface area contributed by atoms with Crippen LogP contribution in [-0.2, 0) is 4.74 Å². The average molecular weight is 386 g/mol. The highest BCUT2D eigenvalue weighted by Gasteiger charge is 2.68. The lowest BCUT2D eigenvalue weighted by Crippen LogP contribution is -2.64. The van der Waals surface area contributed by atoms with Crippen molar-refractivity contribution in [3.63, 3.8) is 0 Å². The molecule has 5 aliphatic carbocycles. The second-order valence-corrected chi connectivity index (χ2v) is 11.4. The quantitative estimate of drug-likeness (QED) is 0.684. The third-order valence-corrected chi connectivity index (χ3v) is 10.7. The molecule has 6 aliphatic rings. The summed E-state index contributed by atoms with van der Waals surface area (Å²) in [5.41, 5.74) is 9.15. The van der Waals surface area contributed by atoms with Crippen molar-refractivity contribution >= 4 is 0 Å². The third-order valence-electron chi connectivity index (χ3n) is 10.7. The molecule has 8 unspecified atom stereocenters. The van der Waals surface area contributed by atoms with E-state index < -0.39 is 0 Å². The number of nitrogens with two attached hydrogens (primary N) is 1. The minimum Gasteiger partial charge on any atom is -0.389 e. The Balaban J connectivity index is 1.43. The largest absolute Gasteiger partial charge is 0.389 e. The Morgan fingerprint density at radius 2 is 1.89 bits per heavy atom. The van der Waals surface area contributed by atoms with E-state index in [1.807, 2.05) is 0 Å². The zero-order chi connectivity index (χ0) is 19.1. The first-order valence-electron chi connectivity index (χ1n) is 12.4. The van der Waals surface area contributed by atoms with Crippen LogP contribution in [0.3, 0.4) is 0 Å². The second kappa shape index (κ2) is 6.08. The SMILES string of the molecule is CCC12CCC3C(C(C4CC4)CC4=CC(O)CCC43N)C1CCC21CCCO1. The van der Waals surface area contributed by atoms with Crippen molar-refractivity contribution in [2.75, 3.05) is 6.61 Å². The van der Waals surface area contributed by atoms with Crippen molar-refractivity contribution in [1.82, 2.24) is 0 Å². The molecule has 1 spiro atoms. The average Bonchev–Trinajstić information content (AvgIpc) is 3.34. The molecule has 5 fully saturated rings. The Morgan fingerprint density at radius 1 is 1.07 bits per heavy atom. The first kappa shape index (κ1) is 18.4. The van der Waals surface area contributed by atoms with E-state index in [1.165, 1.54) is 69.8 Å². The van der Waals surface area contributed by atoms with Gasteiger partial charge in [0.2, 0.25) is 0 Å². The summed E-state index contributed by atoms with van der Waals surface area (Å²) in [6.45, 7) is 3.44. The Morgan fingerprint density at radius 3 is 2.61 bits per heavy atom. The summed E-state index contributed by atoms with van der Waals surface area (Å²) in [6, 6.07) is 0. The van der Waals surface area contributed by atoms with E-state index in [9.17, 15) is 5.11 Å². The second-order valence-electron chi connectivity index (χ2n) is 11.4. The molecule has 3 nitrogen and oxygen atoms in total. The van der Waals surface area contributed by atoms with Gasteiger partial charge >= 0.3 is 0 Å². The number of ether oxygens (including phenoxy) is 1. The third kappa shape index (κ3) is 2.22. The molecule has 1 saturated heterocycles. The molecule has 28 heavy (non-hydrogen) atoms. The fraction of sp³-hybridized carbons (Fsp3) is 0.920. The highest BCUT2D eigenvalue weighted by atomic mass is 16.5. The Labute approximate surface area is 170 Å². The Bertz CT molecular complexity index is 678. The van der Waals surface area contributed by atoms with Crippen LogP contribution in [0.1, 0.15) is 84.0 Å². The van der Waals surface area contributed by atoms with E-state index in [2.05, 4.69) is 13.0 Å². The first-order chi connectivity index (χ1) is 13.5. The maximum atomic E-state index is 10.3. The van der Waals surface area contributed by atoms with Gasteiger partial charge in [0.05, 0.1) is 11.7 Å². The van der Waals surface area contributed by atoms with Gasteiger partial charge in [-0.3, -0.25) is 0 Å². The van der Waals surface area contributed by atoms with Gasteiger partial charge in [0.15, 0.2) is 0 Å². The van der Waals surface area contributed by atoms with Crippen LogP contribution in [0.2, 0.25) is 0 Å². The summed E-state index contributed by atoms with van der Waals surface area (Å²) in [5.74, 6) is 3.97. The highest BCUT2D eigenvalue weighted by Crippen LogP contribution is 2.71. The van der Waals surface area contributed by atoms with Crippen LogP contribution in [0.15, 0.2) is 11.6 Å². The lowest BCUT2D eigenvalue weighted by molar-refractivity contribution is -0.151. The molecular weight excluding hydrogens is 346 g/mol. The molecular formula is C25H39NO2. The molecule has 3 N–H and O–H groups in total. The molecule has 0 aromatic rings. The number of aliphatic hydroxyl groups excluding tert-OH is 1. The van der Waals surface area contributed by atoms with Gasteiger partial charge in [0.1, 0.15) is 0 Å². The number of hydrogen-bond acceptors (Lipinski definition) is 3. The normalized spacial score (nSPS) is 55.5. The van der Waals surface area contributed by atoms with Gasteiger partial charge in [0.25, 0.3) is 0 Å². The van der Waals surface area contributed by atoms with Crippen molar-refractivity contribution in [3.05, 3.63) is 11.6 Å². The maximum Gasteiger partial charge on any atom is 0.0742 e. The van der Waals surface area contributed by atoms with Gasteiger partial charge in [-0.05, 0) is 107 Å². The number of fused-ring (bicyclic) bond motifs is 6. The Hall–Kier alpha value is -0.380. The summed E-state index contributed by atoms with van der Waals surface area (Å²) in [7, 11) is 0. The standard InChI is InChI=1S/C25H39NO2/c1-2-23-10-7-21-22(20(23)8-11-24(23)9-3-13-28-24)19(16-4-5-16)15-17-14-18(27)6-12-25(17,21)26/h14,16,18-22,27H,2-13,15,26H2,1H3. The fourth-order valence-electron chi connectivity index (χ4n) is 9.45. The van der Waals surface area contributed by atoms with Gasteiger partial charge in [-0.25, -0.2) is 0 Å². The molecule has 0 aromatic heterocycles. The van der Waals surface area contributed by atoms with Gasteiger partial charge < -0.3 is 15.6 Å². The van der Waals surface area contributed by atoms with E-state index in [0.717, 1.165) is 43.1 Å². The molecule has 0 bridgehead atoms. The zero-order valence-corrected chi connectivity index (χ0v) is 17.7. The lowest BCUT2D eigenvalue weighted by atomic mass is 9.44. The van der Waals surface area contributed by atoms with E-state index in [-0.39, 0.29) is 17.2 Å². The molecule has 1 aliphatic heterocycles. The molecule has 3 heteroatoms. The predicted octanol–water partition coefficient (Wildman–Crippen LogP) is 4.58. The summed E-state index contributed by atoms with van der Waals surface area (Å²) >= 11 is 0. The van der Waals surface area contributed by atoms with E-state index >= 15 is 0 Å². The van der Waals surface area contributed by atoms with Crippen molar-refractivity contribution in [1.29, 1.82) is 0 Å². The topological polar surface area (TPSA) is 55.5 Å². The summed E-state index contributed by atoms with van der Waals surface area (Å²) in [5, 5.41) is 10.3. The van der Waals surface area contributed by atoms with E-state index in [1.54, 1.807) is 0 Å². The van der Waals surface area contributed by atoms with Crippen LogP contribution >= 0.6 is 0 Å². The number of aliphatic hydroxyl groups is 1. The fourth-order valence-corrected chi connectivity index (χ4v) is 9.45. The monoisotopic (exact) mass is 385 g/mol. The zero-order valence-electron chi connectivity index (χ0n) is 17.7. The minimum absolute atomic E-state index is 0.137. The summed E-state index contributed by atoms with van der Waals surface area (Å²) in [6.07, 6.45) is 16.9. The summed E-state index contributed by atoms with van der Waals surface area (Å²) < 4.78 is 6.63. The smallest absolute Gasteiger partial charge is 0.0742 e. The molecule has 0 radical (unpaired) electrons. The van der Waals surface area contributed by atoms with Gasteiger partial charge in [-0.1, -0.05) is 18.6 Å². The van der Waals surface area contributed by atoms with Crippen molar-refractivity contribution in [2.24, 2.45) is 40.7 Å². The van der Waals surface area contributed by atoms with Crippen LogP contribution in [0.4, 0.5) is 0 Å². The van der Waals surface area contributed by atoms with Crippen molar-refractivity contribution in [2.45, 2.75) is 101 Å². The van der Waals surface area contributed by atoms with E-state index in [0.29, 0.717) is 11.3 Å². The maximum absolute atomic E-state index is 10.3. The number of hydrogen-bond donors (Lipinski definition) is 2. The van der Waals surface area contributed by atoms with Crippen LogP contribution in [0.5, 0.6) is 0 Å². The highest BCUT2D eigenvalue weighted by molar-refractivity contribution is 5.33. The predicted molar refractivity (Wildman–Crippen MR) is 111 cm³/mol. The van der Waals surface area contributed by atoms with Crippen LogP contribution in [0, 0.1) is 35.0 Å². The minimum atomic E-state index is -0.261.